The molecule has 0 radical (unpaired) electrons. The molecular formula is C16H18N4O3. The van der Waals surface area contributed by atoms with Crippen molar-refractivity contribution in [2.24, 2.45) is 5.73 Å². The van der Waals surface area contributed by atoms with Crippen LogP contribution in [0.25, 0.3) is 11.6 Å². The van der Waals surface area contributed by atoms with E-state index in [9.17, 15) is 0 Å². The molecule has 7 heteroatoms. The van der Waals surface area contributed by atoms with Crippen LogP contribution in [0, 0.1) is 0 Å². The van der Waals surface area contributed by atoms with Crippen molar-refractivity contribution in [3.05, 3.63) is 48.0 Å². The molecule has 0 aliphatic heterocycles. The molecule has 2 heterocycles. The average Bonchev–Trinajstić information content (AvgIpc) is 3.26. The highest BCUT2D eigenvalue weighted by Crippen LogP contribution is 2.31. The lowest BCUT2D eigenvalue weighted by Gasteiger charge is -2.13. The monoisotopic (exact) mass is 314 g/mol. The second-order valence-corrected chi connectivity index (χ2v) is 4.84. The van der Waals surface area contributed by atoms with E-state index in [0.717, 1.165) is 5.56 Å². The highest BCUT2D eigenvalue weighted by Gasteiger charge is 2.17. The number of aromatic nitrogens is 3. The van der Waals surface area contributed by atoms with Crippen LogP contribution in [0.4, 0.5) is 0 Å². The smallest absolute Gasteiger partial charge is 0.216 e. The Kier molecular flexibility index (Phi) is 4.29. The summed E-state index contributed by atoms with van der Waals surface area (Å²) < 4.78 is 16.1. The fourth-order valence-electron chi connectivity index (χ4n) is 2.24. The minimum Gasteiger partial charge on any atom is -0.493 e. The Balaban J connectivity index is 1.86. The van der Waals surface area contributed by atoms with Crippen LogP contribution in [-0.4, -0.2) is 28.9 Å². The second-order valence-electron chi connectivity index (χ2n) is 4.84. The maximum Gasteiger partial charge on any atom is 0.216 e. The SMILES string of the molecule is CCOc1ccc([C@H](N)c2nc(-c3ccco3)n[nH]2)cc1OC. The van der Waals surface area contributed by atoms with Crippen molar-refractivity contribution >= 4 is 0 Å². The number of rotatable bonds is 6. The Labute approximate surface area is 133 Å². The topological polar surface area (TPSA) is 99.2 Å². The molecule has 7 nitrogen and oxygen atoms in total. The standard InChI is InChI=1S/C16H18N4O3/c1-3-22-11-7-6-10(9-13(11)21-2)14(17)16-18-15(19-20-16)12-5-4-8-23-12/h4-9,14H,3,17H2,1-2H3,(H,18,19,20)/t14-/m0/s1. The fourth-order valence-corrected chi connectivity index (χ4v) is 2.24. The summed E-state index contributed by atoms with van der Waals surface area (Å²) in [5, 5.41) is 6.98. The van der Waals surface area contributed by atoms with Gasteiger partial charge in [-0.1, -0.05) is 6.07 Å². The fraction of sp³-hybridized carbons (Fsp3) is 0.250. The second kappa shape index (κ2) is 6.53. The molecule has 0 unspecified atom stereocenters. The third-order valence-electron chi connectivity index (χ3n) is 3.39. The van der Waals surface area contributed by atoms with Gasteiger partial charge in [-0.3, -0.25) is 5.10 Å². The first-order valence-electron chi connectivity index (χ1n) is 7.25. The Morgan fingerprint density at radius 1 is 1.30 bits per heavy atom. The van der Waals surface area contributed by atoms with Gasteiger partial charge in [0.25, 0.3) is 0 Å². The number of hydrogen-bond acceptors (Lipinski definition) is 6. The highest BCUT2D eigenvalue weighted by molar-refractivity contribution is 5.47. The van der Waals surface area contributed by atoms with Crippen LogP contribution in [0.15, 0.2) is 41.0 Å². The summed E-state index contributed by atoms with van der Waals surface area (Å²) in [6.45, 7) is 2.49. The van der Waals surface area contributed by atoms with Crippen molar-refractivity contribution in [2.45, 2.75) is 13.0 Å². The number of aromatic amines is 1. The highest BCUT2D eigenvalue weighted by atomic mass is 16.5. The van der Waals surface area contributed by atoms with Crippen molar-refractivity contribution < 1.29 is 13.9 Å². The van der Waals surface area contributed by atoms with E-state index >= 15 is 0 Å². The third-order valence-corrected chi connectivity index (χ3v) is 3.39. The molecule has 0 fully saturated rings. The first-order chi connectivity index (χ1) is 11.2. The predicted molar refractivity (Wildman–Crippen MR) is 84.3 cm³/mol. The van der Waals surface area contributed by atoms with Crippen LogP contribution in [0.1, 0.15) is 24.4 Å². The molecular weight excluding hydrogens is 296 g/mol. The number of methoxy groups -OCH3 is 1. The molecule has 2 aromatic heterocycles. The number of benzene rings is 1. The van der Waals surface area contributed by atoms with Crippen molar-refractivity contribution in [3.63, 3.8) is 0 Å². The summed E-state index contributed by atoms with van der Waals surface area (Å²) in [6.07, 6.45) is 1.57. The zero-order chi connectivity index (χ0) is 16.2. The molecule has 0 aliphatic carbocycles. The van der Waals surface area contributed by atoms with Crippen LogP contribution >= 0.6 is 0 Å². The molecule has 120 valence electrons. The molecule has 0 spiro atoms. The molecule has 3 N–H and O–H groups in total. The minimum absolute atomic E-state index is 0.462. The van der Waals surface area contributed by atoms with Gasteiger partial charge in [-0.15, -0.1) is 5.10 Å². The molecule has 0 saturated carbocycles. The van der Waals surface area contributed by atoms with Crippen molar-refractivity contribution in [1.82, 2.24) is 15.2 Å². The van der Waals surface area contributed by atoms with Gasteiger partial charge in [0, 0.05) is 0 Å². The van der Waals surface area contributed by atoms with Crippen LogP contribution < -0.4 is 15.2 Å². The van der Waals surface area contributed by atoms with Gasteiger partial charge in [-0.2, -0.15) is 0 Å². The van der Waals surface area contributed by atoms with Gasteiger partial charge in [0.15, 0.2) is 17.3 Å². The number of nitrogens with two attached hydrogens (primary N) is 1. The zero-order valence-corrected chi connectivity index (χ0v) is 12.9. The average molecular weight is 314 g/mol. The molecule has 1 aromatic carbocycles. The molecule has 1 atom stereocenters. The van der Waals surface area contributed by atoms with E-state index in [1.54, 1.807) is 25.5 Å². The van der Waals surface area contributed by atoms with Crippen molar-refractivity contribution in [1.29, 1.82) is 0 Å². The Hall–Kier alpha value is -2.80. The molecule has 0 aliphatic rings. The van der Waals surface area contributed by atoms with Crippen molar-refractivity contribution in [2.75, 3.05) is 13.7 Å². The Morgan fingerprint density at radius 2 is 2.17 bits per heavy atom. The van der Waals surface area contributed by atoms with Crippen molar-refractivity contribution in [3.8, 4) is 23.1 Å². The Bertz CT molecular complexity index is 767. The Morgan fingerprint density at radius 3 is 2.87 bits per heavy atom. The van der Waals surface area contributed by atoms with Gasteiger partial charge in [-0.25, -0.2) is 4.98 Å². The van der Waals surface area contributed by atoms with Crippen LogP contribution in [-0.2, 0) is 0 Å². The summed E-state index contributed by atoms with van der Waals surface area (Å²) in [5.74, 6) is 2.91. The van der Waals surface area contributed by atoms with Gasteiger partial charge >= 0.3 is 0 Å². The zero-order valence-electron chi connectivity index (χ0n) is 12.9. The van der Waals surface area contributed by atoms with Crippen LogP contribution in [0.2, 0.25) is 0 Å². The van der Waals surface area contributed by atoms with E-state index in [1.807, 2.05) is 25.1 Å². The quantitative estimate of drug-likeness (QED) is 0.725. The molecule has 3 rings (SSSR count). The number of nitrogens with one attached hydrogen (secondary N) is 1. The van der Waals surface area contributed by atoms with Gasteiger partial charge in [0.2, 0.25) is 5.82 Å². The maximum absolute atomic E-state index is 6.27. The minimum atomic E-state index is -0.462. The summed E-state index contributed by atoms with van der Waals surface area (Å²) >= 11 is 0. The van der Waals surface area contributed by atoms with E-state index in [2.05, 4.69) is 15.2 Å². The summed E-state index contributed by atoms with van der Waals surface area (Å²) in [5.41, 5.74) is 7.11. The molecule has 0 saturated heterocycles. The summed E-state index contributed by atoms with van der Waals surface area (Å²) in [6, 6.07) is 8.66. The lowest BCUT2D eigenvalue weighted by molar-refractivity contribution is 0.310. The van der Waals surface area contributed by atoms with Crippen LogP contribution in [0.5, 0.6) is 11.5 Å². The number of nitrogens with zero attached hydrogens (tertiary/aromatic N) is 2. The molecule has 0 bridgehead atoms. The maximum atomic E-state index is 6.27. The first kappa shape index (κ1) is 15.1. The van der Waals surface area contributed by atoms with E-state index < -0.39 is 6.04 Å². The molecule has 0 amide bonds. The third kappa shape index (κ3) is 3.04. The summed E-state index contributed by atoms with van der Waals surface area (Å²) in [4.78, 5) is 4.39. The largest absolute Gasteiger partial charge is 0.493 e. The van der Waals surface area contributed by atoms with E-state index in [1.165, 1.54) is 0 Å². The van der Waals surface area contributed by atoms with Gasteiger partial charge < -0.3 is 19.6 Å². The first-order valence-corrected chi connectivity index (χ1v) is 7.25. The predicted octanol–water partition coefficient (Wildman–Crippen LogP) is 2.52. The van der Waals surface area contributed by atoms with Gasteiger partial charge in [-0.05, 0) is 36.8 Å². The van der Waals surface area contributed by atoms with Gasteiger partial charge in [0.1, 0.15) is 5.82 Å². The number of furan rings is 1. The lowest BCUT2D eigenvalue weighted by Crippen LogP contribution is -2.14. The lowest BCUT2D eigenvalue weighted by atomic mass is 10.1. The molecule has 3 aromatic rings. The summed E-state index contributed by atoms with van der Waals surface area (Å²) in [7, 11) is 1.59. The van der Waals surface area contributed by atoms with E-state index in [-0.39, 0.29) is 0 Å². The van der Waals surface area contributed by atoms with Crippen LogP contribution in [0.3, 0.4) is 0 Å². The normalized spacial score (nSPS) is 12.1. The number of hydrogen-bond donors (Lipinski definition) is 2. The molecule has 23 heavy (non-hydrogen) atoms. The van der Waals surface area contributed by atoms with E-state index in [0.29, 0.717) is 35.5 Å². The van der Waals surface area contributed by atoms with E-state index in [4.69, 9.17) is 19.6 Å². The van der Waals surface area contributed by atoms with Gasteiger partial charge in [0.05, 0.1) is 26.0 Å². The number of H-pyrrole nitrogens is 1. The number of ether oxygens (including phenoxy) is 2.